The summed E-state index contributed by atoms with van der Waals surface area (Å²) in [5.41, 5.74) is 21.3. The maximum Gasteiger partial charge on any atom is 0.143 e. The molecule has 0 aliphatic heterocycles. The van der Waals surface area contributed by atoms with Crippen molar-refractivity contribution < 1.29 is 4.42 Å². The highest BCUT2D eigenvalue weighted by molar-refractivity contribution is 6.11. The van der Waals surface area contributed by atoms with Gasteiger partial charge in [0.15, 0.2) is 0 Å². The molecule has 0 aliphatic carbocycles. The molecule has 0 spiro atoms. The van der Waals surface area contributed by atoms with Crippen molar-refractivity contribution in [2.45, 2.75) is 6.92 Å². The van der Waals surface area contributed by atoms with E-state index in [1.54, 1.807) is 0 Å². The number of hydrogen-bond donors (Lipinski definition) is 0. The fourth-order valence-corrected chi connectivity index (χ4v) is 9.97. The second-order valence-electron chi connectivity index (χ2n) is 17.7. The van der Waals surface area contributed by atoms with Gasteiger partial charge in [-0.15, -0.1) is 0 Å². The van der Waals surface area contributed by atoms with Gasteiger partial charge in [-0.05, 0) is 122 Å². The van der Waals surface area contributed by atoms with Crippen LogP contribution < -0.4 is 0 Å². The number of hydrogen-bond acceptors (Lipinski definition) is 1. The molecule has 0 saturated heterocycles. The van der Waals surface area contributed by atoms with Gasteiger partial charge in [0.2, 0.25) is 0 Å². The summed E-state index contributed by atoms with van der Waals surface area (Å²) in [5, 5.41) is 4.67. The second kappa shape index (κ2) is 17.7. The zero-order chi connectivity index (χ0) is 46.3. The lowest BCUT2D eigenvalue weighted by molar-refractivity contribution is 0.670. The van der Waals surface area contributed by atoms with E-state index in [0.717, 1.165) is 61.0 Å². The number of fused-ring (bicyclic) bond motifs is 6. The quantitative estimate of drug-likeness (QED) is 0.125. The lowest BCUT2D eigenvalue weighted by Crippen LogP contribution is -1.94. The minimum atomic E-state index is 0.862. The number of furan rings is 1. The fourth-order valence-electron chi connectivity index (χ4n) is 9.97. The van der Waals surface area contributed by atoms with Crippen molar-refractivity contribution in [2.24, 2.45) is 0 Å². The Morgan fingerprint density at radius 2 is 0.870 bits per heavy atom. The Hall–Kier alpha value is -8.98. The summed E-state index contributed by atoms with van der Waals surface area (Å²) in [6.45, 7) is 6.60. The van der Waals surface area contributed by atoms with Gasteiger partial charge in [0, 0.05) is 32.8 Å². The molecule has 69 heavy (non-hydrogen) atoms. The molecular formula is C67H47NO. The first kappa shape index (κ1) is 41.5. The third-order valence-corrected chi connectivity index (χ3v) is 13.5. The highest BCUT2D eigenvalue weighted by Crippen LogP contribution is 2.40. The van der Waals surface area contributed by atoms with Crippen LogP contribution in [0.4, 0.5) is 0 Å². The van der Waals surface area contributed by atoms with Gasteiger partial charge in [-0.1, -0.05) is 219 Å². The summed E-state index contributed by atoms with van der Waals surface area (Å²) in [7, 11) is 0. The molecule has 326 valence electrons. The first-order valence-corrected chi connectivity index (χ1v) is 23.6. The highest BCUT2D eigenvalue weighted by Gasteiger charge is 2.16. The molecule has 10 aromatic carbocycles. The smallest absolute Gasteiger partial charge is 0.143 e. The molecule has 0 N–H and O–H groups in total. The van der Waals surface area contributed by atoms with Crippen LogP contribution in [0.1, 0.15) is 18.1 Å². The zero-order valence-corrected chi connectivity index (χ0v) is 38.3. The van der Waals surface area contributed by atoms with Gasteiger partial charge in [-0.3, -0.25) is 0 Å². The van der Waals surface area contributed by atoms with Crippen LogP contribution in [0.5, 0.6) is 0 Å². The van der Waals surface area contributed by atoms with Crippen LogP contribution in [0.25, 0.3) is 116 Å². The van der Waals surface area contributed by atoms with E-state index in [9.17, 15) is 0 Å². The van der Waals surface area contributed by atoms with Crippen molar-refractivity contribution in [3.05, 3.63) is 273 Å². The van der Waals surface area contributed by atoms with Crippen molar-refractivity contribution in [3.8, 4) is 61.3 Å². The molecule has 2 heteroatoms. The zero-order valence-electron chi connectivity index (χ0n) is 38.3. The summed E-state index contributed by atoms with van der Waals surface area (Å²) in [6.07, 6.45) is 6.43. The van der Waals surface area contributed by atoms with Gasteiger partial charge in [-0.25, -0.2) is 0 Å². The number of para-hydroxylation sites is 3. The van der Waals surface area contributed by atoms with Crippen molar-refractivity contribution in [3.63, 3.8) is 0 Å². The van der Waals surface area contributed by atoms with Crippen molar-refractivity contribution in [1.82, 2.24) is 4.57 Å². The number of aromatic nitrogens is 1. The Labute approximate surface area is 402 Å². The molecule has 0 amide bonds. The van der Waals surface area contributed by atoms with Gasteiger partial charge in [-0.2, -0.15) is 0 Å². The molecule has 0 saturated carbocycles. The molecule has 0 radical (unpaired) electrons. The van der Waals surface area contributed by atoms with Crippen LogP contribution in [-0.4, -0.2) is 4.57 Å². The molecule has 12 rings (SSSR count). The Morgan fingerprint density at radius 1 is 0.406 bits per heavy atom. The van der Waals surface area contributed by atoms with Crippen molar-refractivity contribution in [2.75, 3.05) is 0 Å². The van der Waals surface area contributed by atoms with E-state index in [2.05, 4.69) is 273 Å². The fraction of sp³-hybridized carbons (Fsp3) is 0.0149. The number of nitrogens with zero attached hydrogens (tertiary/aromatic N) is 1. The summed E-state index contributed by atoms with van der Waals surface area (Å²) in [4.78, 5) is 0. The minimum Gasteiger partial charge on any atom is -0.455 e. The monoisotopic (exact) mass is 881 g/mol. The summed E-state index contributed by atoms with van der Waals surface area (Å²) in [6, 6.07) is 84.8. The predicted octanol–water partition coefficient (Wildman–Crippen LogP) is 18.7. The van der Waals surface area contributed by atoms with E-state index in [1.165, 1.54) is 66.3 Å². The maximum absolute atomic E-state index is 6.70. The molecule has 2 aromatic heterocycles. The van der Waals surface area contributed by atoms with Gasteiger partial charge in [0.25, 0.3) is 0 Å². The number of rotatable bonds is 10. The first-order valence-electron chi connectivity index (χ1n) is 23.6. The van der Waals surface area contributed by atoms with Gasteiger partial charge in [0.1, 0.15) is 11.2 Å². The third-order valence-electron chi connectivity index (χ3n) is 13.5. The average molecular weight is 882 g/mol. The van der Waals surface area contributed by atoms with E-state index in [4.69, 9.17) is 4.42 Å². The molecule has 2 heterocycles. The van der Waals surface area contributed by atoms with E-state index in [0.29, 0.717) is 0 Å². The molecule has 2 nitrogen and oxygen atoms in total. The van der Waals surface area contributed by atoms with Crippen molar-refractivity contribution in [1.29, 1.82) is 0 Å². The van der Waals surface area contributed by atoms with Crippen molar-refractivity contribution >= 4 is 54.9 Å². The number of benzene rings is 10. The average Bonchev–Trinajstić information content (AvgIpc) is 3.97. The molecule has 0 unspecified atom stereocenters. The second-order valence-corrected chi connectivity index (χ2v) is 17.7. The first-order chi connectivity index (χ1) is 34.1. The Balaban J connectivity index is 0.774. The largest absolute Gasteiger partial charge is 0.455 e. The SMILES string of the molecule is C=C(/C=C(\C=C/C)c1ccc2oc3c(-c4cccc(-n5c6ccccc6c6ccccc65)c4)cccc3c2c1)c1ccc(-c2ccc(-c3ccc(-c4ccc(-c5ccccc5)cc4)cc3)cc2)cc1. The van der Waals surface area contributed by atoms with Crippen LogP contribution >= 0.6 is 0 Å². The van der Waals surface area contributed by atoms with Crippen LogP contribution in [0.3, 0.4) is 0 Å². The number of allylic oxidation sites excluding steroid dienone is 5. The van der Waals surface area contributed by atoms with E-state index in [1.807, 2.05) is 0 Å². The lowest BCUT2D eigenvalue weighted by atomic mass is 9.95. The van der Waals surface area contributed by atoms with Gasteiger partial charge in [0.05, 0.1) is 11.0 Å². The summed E-state index contributed by atoms with van der Waals surface area (Å²) < 4.78 is 9.07. The molecule has 12 aromatic rings. The summed E-state index contributed by atoms with van der Waals surface area (Å²) in [5.74, 6) is 0. The highest BCUT2D eigenvalue weighted by atomic mass is 16.3. The summed E-state index contributed by atoms with van der Waals surface area (Å²) >= 11 is 0. The molecular weight excluding hydrogens is 835 g/mol. The normalized spacial score (nSPS) is 11.9. The Morgan fingerprint density at radius 3 is 1.43 bits per heavy atom. The predicted molar refractivity (Wildman–Crippen MR) is 294 cm³/mol. The van der Waals surface area contributed by atoms with Crippen LogP contribution in [0.2, 0.25) is 0 Å². The standard InChI is InChI=1S/C67H47NO/c1-3-13-55(42-45(2)46-24-26-49(27-25-46)50-32-34-53(35-33-50)54-38-36-52(37-39-54)51-30-28-48(29-31-51)47-14-5-4-6-15-47)56-40-41-66-63(44-56)62-21-12-20-59(67(62)69-66)57-16-11-17-58(43-57)68-64-22-9-7-18-60(64)61-19-8-10-23-65(61)68/h3-44H,2H2,1H3/b13-3-,55-42+. The minimum absolute atomic E-state index is 0.862. The van der Waals surface area contributed by atoms with Gasteiger partial charge >= 0.3 is 0 Å². The van der Waals surface area contributed by atoms with Crippen LogP contribution in [0, 0.1) is 0 Å². The lowest BCUT2D eigenvalue weighted by Gasteiger charge is -2.10. The molecule has 0 atom stereocenters. The molecule has 0 bridgehead atoms. The topological polar surface area (TPSA) is 18.1 Å². The van der Waals surface area contributed by atoms with Gasteiger partial charge < -0.3 is 8.98 Å². The Bertz CT molecular complexity index is 3860. The third kappa shape index (κ3) is 7.78. The molecule has 0 fully saturated rings. The Kier molecular flexibility index (Phi) is 10.6. The van der Waals surface area contributed by atoms with E-state index >= 15 is 0 Å². The van der Waals surface area contributed by atoms with Crippen LogP contribution in [-0.2, 0) is 0 Å². The van der Waals surface area contributed by atoms with E-state index < -0.39 is 0 Å². The van der Waals surface area contributed by atoms with Crippen LogP contribution in [0.15, 0.2) is 266 Å². The molecule has 0 aliphatic rings. The maximum atomic E-state index is 6.70. The van der Waals surface area contributed by atoms with E-state index in [-0.39, 0.29) is 0 Å².